The van der Waals surface area contributed by atoms with Gasteiger partial charge in [-0.05, 0) is 47.9 Å². The van der Waals surface area contributed by atoms with E-state index in [4.69, 9.17) is 9.47 Å². The molecule has 0 aromatic heterocycles. The van der Waals surface area contributed by atoms with Crippen molar-refractivity contribution in [1.29, 1.82) is 0 Å². The van der Waals surface area contributed by atoms with Gasteiger partial charge < -0.3 is 20.1 Å². The van der Waals surface area contributed by atoms with Crippen LogP contribution in [0.4, 0.5) is 4.79 Å². The van der Waals surface area contributed by atoms with E-state index >= 15 is 0 Å². The lowest BCUT2D eigenvalue weighted by molar-refractivity contribution is 0.171. The molecular weight excluding hydrogens is 352 g/mol. The third-order valence-corrected chi connectivity index (χ3v) is 5.42. The highest BCUT2D eigenvalue weighted by Gasteiger charge is 2.34. The molecule has 2 aliphatic rings. The van der Waals surface area contributed by atoms with Crippen LogP contribution >= 0.6 is 0 Å². The second kappa shape index (κ2) is 8.13. The Morgan fingerprint density at radius 2 is 1.64 bits per heavy atom. The van der Waals surface area contributed by atoms with Gasteiger partial charge in [-0.2, -0.15) is 0 Å². The highest BCUT2D eigenvalue weighted by molar-refractivity contribution is 5.75. The maximum Gasteiger partial charge on any atom is 0.315 e. The van der Waals surface area contributed by atoms with E-state index in [-0.39, 0.29) is 24.0 Å². The van der Waals surface area contributed by atoms with Crippen molar-refractivity contribution in [1.82, 2.24) is 10.6 Å². The van der Waals surface area contributed by atoms with Crippen LogP contribution in [0.25, 0.3) is 0 Å². The molecule has 1 aliphatic carbocycles. The first-order valence-electron chi connectivity index (χ1n) is 10.1. The number of fused-ring (bicyclic) bond motifs is 1. The minimum absolute atomic E-state index is 0.0641. The first-order chi connectivity index (χ1) is 13.6. The zero-order valence-corrected chi connectivity index (χ0v) is 16.5. The first-order valence-corrected chi connectivity index (χ1v) is 10.1. The molecule has 1 heterocycles. The summed E-state index contributed by atoms with van der Waals surface area (Å²) in [4.78, 5) is 12.9. The van der Waals surface area contributed by atoms with E-state index in [2.05, 4.69) is 36.6 Å². The SMILES string of the molecule is CC(C)[C@H](NC(=O)N[C@H](c1ccccc1)C1CC1)c1ccc2c(c1)OCCO2. The highest BCUT2D eigenvalue weighted by atomic mass is 16.6. The number of benzene rings is 2. The van der Waals surface area contributed by atoms with Crippen molar-refractivity contribution >= 4 is 6.03 Å². The molecule has 1 saturated carbocycles. The molecule has 1 aliphatic heterocycles. The zero-order chi connectivity index (χ0) is 19.5. The largest absolute Gasteiger partial charge is 0.486 e. The molecule has 2 N–H and O–H groups in total. The predicted octanol–water partition coefficient (Wildman–Crippen LogP) is 4.61. The van der Waals surface area contributed by atoms with E-state index in [9.17, 15) is 4.79 Å². The van der Waals surface area contributed by atoms with E-state index in [0.29, 0.717) is 19.1 Å². The minimum atomic E-state index is -0.130. The Labute approximate surface area is 166 Å². The summed E-state index contributed by atoms with van der Waals surface area (Å²) in [5.74, 6) is 2.28. The Bertz CT molecular complexity index is 818. The van der Waals surface area contributed by atoms with Gasteiger partial charge in [-0.3, -0.25) is 0 Å². The summed E-state index contributed by atoms with van der Waals surface area (Å²) in [5, 5.41) is 6.38. The van der Waals surface area contributed by atoms with Crippen LogP contribution in [-0.4, -0.2) is 19.2 Å². The normalized spacial score (nSPS) is 17.7. The molecule has 2 atom stereocenters. The smallest absolute Gasteiger partial charge is 0.315 e. The molecule has 2 amide bonds. The van der Waals surface area contributed by atoms with Crippen molar-refractivity contribution in [3.8, 4) is 11.5 Å². The summed E-state index contributed by atoms with van der Waals surface area (Å²) in [6.07, 6.45) is 2.32. The Morgan fingerprint density at radius 1 is 0.929 bits per heavy atom. The number of hydrogen-bond acceptors (Lipinski definition) is 3. The number of carbonyl (C=O) groups is 1. The molecule has 1 fully saturated rings. The Balaban J connectivity index is 1.48. The molecular formula is C23H28N2O3. The molecule has 4 rings (SSSR count). The average Bonchev–Trinajstić information content (AvgIpc) is 3.55. The number of amides is 2. The van der Waals surface area contributed by atoms with Crippen molar-refractivity contribution in [2.24, 2.45) is 11.8 Å². The van der Waals surface area contributed by atoms with Crippen molar-refractivity contribution in [2.75, 3.05) is 13.2 Å². The van der Waals surface area contributed by atoms with Gasteiger partial charge in [0, 0.05) is 0 Å². The molecule has 2 aromatic carbocycles. The van der Waals surface area contributed by atoms with Gasteiger partial charge in [-0.25, -0.2) is 4.79 Å². The van der Waals surface area contributed by atoms with Crippen LogP contribution in [0, 0.1) is 11.8 Å². The second-order valence-corrected chi connectivity index (χ2v) is 7.97. The van der Waals surface area contributed by atoms with E-state index in [1.807, 2.05) is 36.4 Å². The summed E-state index contributed by atoms with van der Waals surface area (Å²) in [7, 11) is 0. The van der Waals surface area contributed by atoms with Crippen molar-refractivity contribution < 1.29 is 14.3 Å². The first kappa shape index (κ1) is 18.7. The Hall–Kier alpha value is -2.69. The van der Waals surface area contributed by atoms with Crippen LogP contribution in [0.3, 0.4) is 0 Å². The van der Waals surface area contributed by atoms with Gasteiger partial charge >= 0.3 is 6.03 Å². The van der Waals surface area contributed by atoms with Crippen molar-refractivity contribution in [3.05, 3.63) is 59.7 Å². The molecule has 28 heavy (non-hydrogen) atoms. The van der Waals surface area contributed by atoms with Gasteiger partial charge in [0.15, 0.2) is 11.5 Å². The lowest BCUT2D eigenvalue weighted by Gasteiger charge is -2.27. The van der Waals surface area contributed by atoms with Crippen LogP contribution < -0.4 is 20.1 Å². The van der Waals surface area contributed by atoms with E-state index < -0.39 is 0 Å². The zero-order valence-electron chi connectivity index (χ0n) is 16.5. The van der Waals surface area contributed by atoms with Crippen molar-refractivity contribution in [3.63, 3.8) is 0 Å². The van der Waals surface area contributed by atoms with Gasteiger partial charge in [0.05, 0.1) is 12.1 Å². The lowest BCUT2D eigenvalue weighted by atomic mass is 9.95. The van der Waals surface area contributed by atoms with E-state index in [0.717, 1.165) is 29.9 Å². The number of rotatable bonds is 6. The Morgan fingerprint density at radius 3 is 2.32 bits per heavy atom. The molecule has 0 bridgehead atoms. The lowest BCUT2D eigenvalue weighted by Crippen LogP contribution is -2.42. The highest BCUT2D eigenvalue weighted by Crippen LogP contribution is 2.41. The second-order valence-electron chi connectivity index (χ2n) is 7.97. The van der Waals surface area contributed by atoms with Crippen LogP contribution in [0.1, 0.15) is 49.9 Å². The van der Waals surface area contributed by atoms with Gasteiger partial charge in [0.1, 0.15) is 13.2 Å². The van der Waals surface area contributed by atoms with Crippen LogP contribution in [-0.2, 0) is 0 Å². The molecule has 2 aromatic rings. The van der Waals surface area contributed by atoms with Gasteiger partial charge in [-0.1, -0.05) is 50.2 Å². The van der Waals surface area contributed by atoms with Gasteiger partial charge in [0.25, 0.3) is 0 Å². The van der Waals surface area contributed by atoms with Crippen LogP contribution in [0.2, 0.25) is 0 Å². The summed E-state index contributed by atoms with van der Waals surface area (Å²) >= 11 is 0. The molecule has 5 nitrogen and oxygen atoms in total. The van der Waals surface area contributed by atoms with E-state index in [1.165, 1.54) is 5.56 Å². The number of nitrogens with one attached hydrogen (secondary N) is 2. The average molecular weight is 380 g/mol. The summed E-state index contributed by atoms with van der Waals surface area (Å²) in [6, 6.07) is 16.0. The number of urea groups is 1. The number of hydrogen-bond donors (Lipinski definition) is 2. The predicted molar refractivity (Wildman–Crippen MR) is 109 cm³/mol. The van der Waals surface area contributed by atoms with Crippen molar-refractivity contribution in [2.45, 2.75) is 38.8 Å². The minimum Gasteiger partial charge on any atom is -0.486 e. The van der Waals surface area contributed by atoms with Gasteiger partial charge in [-0.15, -0.1) is 0 Å². The summed E-state index contributed by atoms with van der Waals surface area (Å²) in [5.41, 5.74) is 2.19. The third kappa shape index (κ3) is 4.24. The molecule has 0 spiro atoms. The standard InChI is InChI=1S/C23H28N2O3/c1-15(2)21(18-10-11-19-20(14-18)28-13-12-27-19)24-23(26)25-22(17-8-9-17)16-6-4-3-5-7-16/h3-7,10-11,14-15,17,21-22H,8-9,12-13H2,1-2H3,(H2,24,25,26)/t21-,22+/m0/s1. The van der Waals surface area contributed by atoms with Gasteiger partial charge in [0.2, 0.25) is 0 Å². The fourth-order valence-electron chi connectivity index (χ4n) is 3.78. The molecule has 0 radical (unpaired) electrons. The molecule has 148 valence electrons. The monoisotopic (exact) mass is 380 g/mol. The molecule has 0 unspecified atom stereocenters. The summed E-state index contributed by atoms with van der Waals surface area (Å²) < 4.78 is 11.3. The quantitative estimate of drug-likeness (QED) is 0.770. The third-order valence-electron chi connectivity index (χ3n) is 5.42. The number of ether oxygens (including phenoxy) is 2. The van der Waals surface area contributed by atoms with E-state index in [1.54, 1.807) is 0 Å². The van der Waals surface area contributed by atoms with Crippen LogP contribution in [0.5, 0.6) is 11.5 Å². The molecule has 5 heteroatoms. The summed E-state index contributed by atoms with van der Waals surface area (Å²) in [6.45, 7) is 5.34. The fraction of sp³-hybridized carbons (Fsp3) is 0.435. The Kier molecular flexibility index (Phi) is 5.42. The molecule has 0 saturated heterocycles. The maximum atomic E-state index is 12.9. The fourth-order valence-corrected chi connectivity index (χ4v) is 3.78. The van der Waals surface area contributed by atoms with Crippen LogP contribution in [0.15, 0.2) is 48.5 Å². The maximum absolute atomic E-state index is 12.9. The number of carbonyl (C=O) groups excluding carboxylic acids is 1. The topological polar surface area (TPSA) is 59.6 Å².